The number of unbranched alkanes of at least 4 members (excludes halogenated alkanes) is 35. The lowest BCUT2D eigenvalue weighted by atomic mass is 10.00. The monoisotopic (exact) mass is 1350 g/mol. The van der Waals surface area contributed by atoms with Crippen molar-refractivity contribution in [3.8, 4) is 0 Å². The highest BCUT2D eigenvalue weighted by Crippen LogP contribution is 2.45. The van der Waals surface area contributed by atoms with Gasteiger partial charge in [-0.2, -0.15) is 0 Å². The molecule has 0 spiro atoms. The molecule has 0 aliphatic rings. The molecular formula is C73H142O17P2. The molecule has 0 aliphatic carbocycles. The second kappa shape index (κ2) is 62.6. The number of carbonyl (C=O) groups is 4. The van der Waals surface area contributed by atoms with Crippen LogP contribution in [0.15, 0.2) is 0 Å². The number of aliphatic hydroxyl groups excluding tert-OH is 1. The average Bonchev–Trinajstić information content (AvgIpc) is 1.88. The van der Waals surface area contributed by atoms with Gasteiger partial charge in [-0.05, 0) is 49.4 Å². The summed E-state index contributed by atoms with van der Waals surface area (Å²) in [7, 11) is -9.90. The van der Waals surface area contributed by atoms with Crippen LogP contribution in [0.3, 0.4) is 0 Å². The first-order chi connectivity index (χ1) is 44.1. The van der Waals surface area contributed by atoms with Crippen molar-refractivity contribution in [2.75, 3.05) is 39.6 Å². The van der Waals surface area contributed by atoms with E-state index < -0.39 is 97.5 Å². The van der Waals surface area contributed by atoms with Crippen LogP contribution in [-0.4, -0.2) is 96.7 Å². The number of esters is 4. The molecule has 0 saturated carbocycles. The van der Waals surface area contributed by atoms with E-state index in [-0.39, 0.29) is 25.7 Å². The van der Waals surface area contributed by atoms with Crippen LogP contribution < -0.4 is 0 Å². The number of carbonyl (C=O) groups excluding carboxylic acids is 4. The van der Waals surface area contributed by atoms with E-state index >= 15 is 0 Å². The minimum absolute atomic E-state index is 0.102. The van der Waals surface area contributed by atoms with Crippen LogP contribution in [0, 0.1) is 23.7 Å². The van der Waals surface area contributed by atoms with E-state index in [0.717, 1.165) is 114 Å². The number of rotatable bonds is 70. The number of ether oxygens (including phenoxy) is 4. The standard InChI is InChI=1S/C73H142O17P2/c1-9-66(8)52-44-36-31-32-40-48-56-73(78)90-69(60-84-71(76)54-46-38-30-24-27-35-43-51-65(6)7)62-88-92(81,82)86-58-67(74)57-85-91(79,80)87-61-68(89-72(77)55-47-39-29-23-22-26-34-42-50-64(4)5)59-83-70(75)53-45-37-28-21-19-17-15-13-11-10-12-14-16-18-20-25-33-41-49-63(2)3/h63-69,74H,9-62H2,1-8H3,(H,79,80)(H,81,82)/t66?,67?,68-,69-/m1/s1. The van der Waals surface area contributed by atoms with Gasteiger partial charge >= 0.3 is 39.5 Å². The molecule has 0 rings (SSSR count). The SMILES string of the molecule is CCC(C)CCCCCCCCC(=O)O[C@H](COC(=O)CCCCCCCCCC(C)C)COP(=O)(O)OCC(O)COP(=O)(O)OC[C@@H](COC(=O)CCCCCCCCCCCCCCCCCCCCC(C)C)OC(=O)CCCCCCCCCCC(C)C. The maximum Gasteiger partial charge on any atom is 0.472 e. The highest BCUT2D eigenvalue weighted by atomic mass is 31.2. The van der Waals surface area contributed by atoms with E-state index in [1.165, 1.54) is 161 Å². The van der Waals surface area contributed by atoms with E-state index in [9.17, 15) is 43.2 Å². The predicted molar refractivity (Wildman–Crippen MR) is 372 cm³/mol. The Hall–Kier alpha value is -1.94. The van der Waals surface area contributed by atoms with Gasteiger partial charge in [0.25, 0.3) is 0 Å². The van der Waals surface area contributed by atoms with Gasteiger partial charge in [0.1, 0.15) is 19.3 Å². The summed E-state index contributed by atoms with van der Waals surface area (Å²) >= 11 is 0. The van der Waals surface area contributed by atoms with Gasteiger partial charge in [-0.1, -0.05) is 312 Å². The van der Waals surface area contributed by atoms with E-state index in [1.54, 1.807) is 0 Å². The van der Waals surface area contributed by atoms with E-state index in [2.05, 4.69) is 55.4 Å². The van der Waals surface area contributed by atoms with Crippen molar-refractivity contribution >= 4 is 39.5 Å². The molecule has 0 bridgehead atoms. The molecule has 0 aromatic carbocycles. The Labute approximate surface area is 562 Å². The van der Waals surface area contributed by atoms with Gasteiger partial charge in [-0.3, -0.25) is 37.3 Å². The molecule has 0 aromatic rings. The van der Waals surface area contributed by atoms with Crippen LogP contribution in [-0.2, 0) is 65.4 Å². The topological polar surface area (TPSA) is 237 Å². The second-order valence-electron chi connectivity index (χ2n) is 28.0. The molecule has 0 amide bonds. The summed E-state index contributed by atoms with van der Waals surface area (Å²) in [6.07, 6.45) is 46.2. The minimum Gasteiger partial charge on any atom is -0.462 e. The first-order valence-corrected chi connectivity index (χ1v) is 40.7. The van der Waals surface area contributed by atoms with Crippen LogP contribution in [0.2, 0.25) is 0 Å². The molecule has 92 heavy (non-hydrogen) atoms. The highest BCUT2D eigenvalue weighted by Gasteiger charge is 2.30. The first kappa shape index (κ1) is 90.1. The number of phosphoric ester groups is 2. The van der Waals surface area contributed by atoms with Gasteiger partial charge in [-0.15, -0.1) is 0 Å². The quantitative estimate of drug-likeness (QED) is 0.0222. The molecule has 0 saturated heterocycles. The van der Waals surface area contributed by atoms with Gasteiger partial charge in [-0.25, -0.2) is 9.13 Å². The second-order valence-corrected chi connectivity index (χ2v) is 30.9. The zero-order chi connectivity index (χ0) is 68.2. The normalized spacial score (nSPS) is 14.5. The van der Waals surface area contributed by atoms with Crippen molar-refractivity contribution in [3.05, 3.63) is 0 Å². The van der Waals surface area contributed by atoms with Gasteiger partial charge < -0.3 is 33.8 Å². The first-order valence-electron chi connectivity index (χ1n) is 37.7. The summed E-state index contributed by atoms with van der Waals surface area (Å²) in [4.78, 5) is 72.6. The Morgan fingerprint density at radius 2 is 0.522 bits per heavy atom. The van der Waals surface area contributed by atoms with Crippen molar-refractivity contribution in [1.29, 1.82) is 0 Å². The smallest absolute Gasteiger partial charge is 0.462 e. The summed E-state index contributed by atoms with van der Waals surface area (Å²) in [5, 5.41) is 10.6. The number of hydrogen-bond acceptors (Lipinski definition) is 15. The van der Waals surface area contributed by atoms with Crippen molar-refractivity contribution in [3.63, 3.8) is 0 Å². The van der Waals surface area contributed by atoms with Crippen LogP contribution >= 0.6 is 15.6 Å². The Morgan fingerprint density at radius 1 is 0.304 bits per heavy atom. The molecule has 0 fully saturated rings. The summed E-state index contributed by atoms with van der Waals surface area (Å²) < 4.78 is 68.3. The molecule has 3 N–H and O–H groups in total. The maximum atomic E-state index is 13.0. The van der Waals surface area contributed by atoms with Crippen LogP contribution in [0.1, 0.15) is 364 Å². The molecular weight excluding hydrogens is 1210 g/mol. The van der Waals surface area contributed by atoms with Crippen LogP contribution in [0.25, 0.3) is 0 Å². The van der Waals surface area contributed by atoms with Crippen molar-refractivity contribution in [2.24, 2.45) is 23.7 Å². The van der Waals surface area contributed by atoms with Crippen molar-refractivity contribution in [1.82, 2.24) is 0 Å². The molecule has 0 aromatic heterocycles. The molecule has 6 atom stereocenters. The Kier molecular flexibility index (Phi) is 61.3. The lowest BCUT2D eigenvalue weighted by molar-refractivity contribution is -0.161. The van der Waals surface area contributed by atoms with Crippen molar-refractivity contribution < 1.29 is 80.2 Å². The van der Waals surface area contributed by atoms with E-state index in [0.29, 0.717) is 31.6 Å². The summed E-state index contributed by atoms with van der Waals surface area (Å²) in [5.41, 5.74) is 0. The molecule has 546 valence electrons. The fourth-order valence-electron chi connectivity index (χ4n) is 11.0. The fraction of sp³-hybridized carbons (Fsp3) is 0.945. The molecule has 0 radical (unpaired) electrons. The lowest BCUT2D eigenvalue weighted by Crippen LogP contribution is -2.30. The zero-order valence-corrected chi connectivity index (χ0v) is 62.0. The number of hydrogen-bond donors (Lipinski definition) is 3. The third kappa shape index (κ3) is 65.4. The third-order valence-corrected chi connectivity index (χ3v) is 19.1. The predicted octanol–water partition coefficient (Wildman–Crippen LogP) is 20.9. The Balaban J connectivity index is 5.14. The van der Waals surface area contributed by atoms with E-state index in [1.807, 2.05) is 0 Å². The molecule has 4 unspecified atom stereocenters. The summed E-state index contributed by atoms with van der Waals surface area (Å²) in [5.74, 6) is 0.835. The molecule has 19 heteroatoms. The van der Waals surface area contributed by atoms with Gasteiger partial charge in [0.05, 0.1) is 26.4 Å². The minimum atomic E-state index is -4.95. The Bertz CT molecular complexity index is 1820. The van der Waals surface area contributed by atoms with Gasteiger partial charge in [0.15, 0.2) is 12.2 Å². The van der Waals surface area contributed by atoms with Crippen molar-refractivity contribution in [2.45, 2.75) is 382 Å². The third-order valence-electron chi connectivity index (χ3n) is 17.2. The maximum absolute atomic E-state index is 13.0. The summed E-state index contributed by atoms with van der Waals surface area (Å²) in [6, 6.07) is 0. The van der Waals surface area contributed by atoms with E-state index in [4.69, 9.17) is 37.0 Å². The van der Waals surface area contributed by atoms with Crippen LogP contribution in [0.4, 0.5) is 0 Å². The molecule has 0 heterocycles. The molecule has 0 aliphatic heterocycles. The van der Waals surface area contributed by atoms with Gasteiger partial charge in [0.2, 0.25) is 0 Å². The van der Waals surface area contributed by atoms with Gasteiger partial charge in [0, 0.05) is 25.7 Å². The molecule has 17 nitrogen and oxygen atoms in total. The van der Waals surface area contributed by atoms with Crippen LogP contribution in [0.5, 0.6) is 0 Å². The Morgan fingerprint density at radius 3 is 0.772 bits per heavy atom. The fourth-order valence-corrected chi connectivity index (χ4v) is 12.6. The lowest BCUT2D eigenvalue weighted by Gasteiger charge is -2.21. The largest absolute Gasteiger partial charge is 0.472 e. The highest BCUT2D eigenvalue weighted by molar-refractivity contribution is 7.47. The average molecular weight is 1350 g/mol. The number of phosphoric acid groups is 2. The summed E-state index contributed by atoms with van der Waals surface area (Å²) in [6.45, 7) is 14.1. The zero-order valence-electron chi connectivity index (χ0n) is 60.2. The number of aliphatic hydroxyl groups is 1.